The predicted molar refractivity (Wildman–Crippen MR) is 68.1 cm³/mol. The van der Waals surface area contributed by atoms with Crippen molar-refractivity contribution >= 4 is 17.8 Å². The Kier molecular flexibility index (Phi) is 5.45. The smallest absolute Gasteiger partial charge is 0.326 e. The summed E-state index contributed by atoms with van der Waals surface area (Å²) in [7, 11) is 1.35. The molecule has 8 heteroatoms. The van der Waals surface area contributed by atoms with Crippen molar-refractivity contribution in [1.82, 2.24) is 10.3 Å². The third-order valence-corrected chi connectivity index (χ3v) is 2.49. The number of carbonyl (C=O) groups excluding carboxylic acids is 2. The second-order valence-corrected chi connectivity index (χ2v) is 3.93. The van der Waals surface area contributed by atoms with Crippen LogP contribution < -0.4 is 15.8 Å². The third-order valence-electron chi connectivity index (χ3n) is 2.49. The summed E-state index contributed by atoms with van der Waals surface area (Å²) in [4.78, 5) is 37.5. The van der Waals surface area contributed by atoms with Crippen molar-refractivity contribution in [2.45, 2.75) is 18.9 Å². The zero-order valence-corrected chi connectivity index (χ0v) is 10.8. The molecular formula is C12H15N3O5. The summed E-state index contributed by atoms with van der Waals surface area (Å²) in [6, 6.07) is 1.77. The quantitative estimate of drug-likeness (QED) is 0.619. The minimum atomic E-state index is -1.25. The van der Waals surface area contributed by atoms with E-state index in [-0.39, 0.29) is 24.3 Å². The summed E-state index contributed by atoms with van der Waals surface area (Å²) in [5.74, 6) is -2.44. The van der Waals surface area contributed by atoms with Crippen LogP contribution in [0.25, 0.3) is 0 Å². The van der Waals surface area contributed by atoms with Crippen molar-refractivity contribution in [2.75, 3.05) is 7.11 Å². The van der Waals surface area contributed by atoms with E-state index in [2.05, 4.69) is 10.3 Å². The van der Waals surface area contributed by atoms with Gasteiger partial charge in [-0.2, -0.15) is 0 Å². The molecule has 0 bridgehead atoms. The van der Waals surface area contributed by atoms with E-state index in [1.165, 1.54) is 25.4 Å². The van der Waals surface area contributed by atoms with E-state index in [1.54, 1.807) is 0 Å². The zero-order valence-electron chi connectivity index (χ0n) is 10.8. The van der Waals surface area contributed by atoms with Crippen LogP contribution in [-0.2, 0) is 9.59 Å². The minimum absolute atomic E-state index is 0.0843. The van der Waals surface area contributed by atoms with Crippen LogP contribution >= 0.6 is 0 Å². The molecule has 0 fully saturated rings. The second-order valence-electron chi connectivity index (χ2n) is 3.93. The van der Waals surface area contributed by atoms with Crippen molar-refractivity contribution in [3.63, 3.8) is 0 Å². The number of aliphatic carboxylic acids is 1. The highest BCUT2D eigenvalue weighted by molar-refractivity contribution is 5.98. The van der Waals surface area contributed by atoms with Gasteiger partial charge in [0.05, 0.1) is 7.11 Å². The Labute approximate surface area is 114 Å². The first-order valence-corrected chi connectivity index (χ1v) is 5.76. The zero-order chi connectivity index (χ0) is 15.1. The van der Waals surface area contributed by atoms with E-state index >= 15 is 0 Å². The monoisotopic (exact) mass is 281 g/mol. The summed E-state index contributed by atoms with van der Waals surface area (Å²) in [5, 5.41) is 11.3. The van der Waals surface area contributed by atoms with E-state index in [4.69, 9.17) is 15.6 Å². The van der Waals surface area contributed by atoms with Crippen molar-refractivity contribution in [1.29, 1.82) is 0 Å². The fourth-order valence-electron chi connectivity index (χ4n) is 1.51. The van der Waals surface area contributed by atoms with Gasteiger partial charge in [-0.3, -0.25) is 9.59 Å². The summed E-state index contributed by atoms with van der Waals surface area (Å²) in [6.45, 7) is 0. The first-order valence-electron chi connectivity index (χ1n) is 5.76. The summed E-state index contributed by atoms with van der Waals surface area (Å²) in [6.07, 6.45) is 1.22. The highest BCUT2D eigenvalue weighted by Crippen LogP contribution is 2.13. The molecule has 0 aliphatic rings. The highest BCUT2D eigenvalue weighted by Gasteiger charge is 2.23. The molecule has 0 radical (unpaired) electrons. The number of nitrogens with one attached hydrogen (secondary N) is 1. The van der Waals surface area contributed by atoms with Crippen molar-refractivity contribution < 1.29 is 24.2 Å². The molecule has 0 saturated carbocycles. The van der Waals surface area contributed by atoms with Gasteiger partial charge in [-0.1, -0.05) is 0 Å². The van der Waals surface area contributed by atoms with E-state index < -0.39 is 23.8 Å². The average molecular weight is 281 g/mol. The van der Waals surface area contributed by atoms with Crippen LogP contribution in [0.15, 0.2) is 18.3 Å². The second kappa shape index (κ2) is 7.07. The summed E-state index contributed by atoms with van der Waals surface area (Å²) in [5.41, 5.74) is 5.07. The van der Waals surface area contributed by atoms with Crippen LogP contribution in [0.4, 0.5) is 0 Å². The van der Waals surface area contributed by atoms with Crippen molar-refractivity contribution in [3.05, 3.63) is 23.9 Å². The molecule has 108 valence electrons. The van der Waals surface area contributed by atoms with Gasteiger partial charge in [0.1, 0.15) is 11.6 Å². The number of carboxylic acids is 1. The van der Waals surface area contributed by atoms with E-state index in [0.29, 0.717) is 0 Å². The van der Waals surface area contributed by atoms with Crippen LogP contribution in [0.3, 0.4) is 0 Å². The average Bonchev–Trinajstić information content (AvgIpc) is 2.42. The largest absolute Gasteiger partial charge is 0.480 e. The SMILES string of the molecule is COc1ncccc1C(=O)N[C@@H](CCC(N)=O)C(=O)O. The fraction of sp³-hybridized carbons (Fsp3) is 0.333. The number of pyridine rings is 1. The number of nitrogens with zero attached hydrogens (tertiary/aromatic N) is 1. The lowest BCUT2D eigenvalue weighted by molar-refractivity contribution is -0.139. The number of nitrogens with two attached hydrogens (primary N) is 1. The Morgan fingerprint density at radius 2 is 2.20 bits per heavy atom. The van der Waals surface area contributed by atoms with Crippen LogP contribution in [0.5, 0.6) is 5.88 Å². The normalized spacial score (nSPS) is 11.4. The minimum Gasteiger partial charge on any atom is -0.480 e. The van der Waals surface area contributed by atoms with Crippen LogP contribution in [0, 0.1) is 0 Å². The van der Waals surface area contributed by atoms with Crippen LogP contribution in [-0.4, -0.2) is 41.0 Å². The number of hydrogen-bond donors (Lipinski definition) is 3. The summed E-state index contributed by atoms with van der Waals surface area (Å²) < 4.78 is 4.91. The van der Waals surface area contributed by atoms with Crippen LogP contribution in [0.1, 0.15) is 23.2 Å². The lowest BCUT2D eigenvalue weighted by Gasteiger charge is -2.14. The van der Waals surface area contributed by atoms with Gasteiger partial charge >= 0.3 is 5.97 Å². The number of amides is 2. The predicted octanol–water partition coefficient (Wildman–Crippen LogP) is -0.461. The fourth-order valence-corrected chi connectivity index (χ4v) is 1.51. The lowest BCUT2D eigenvalue weighted by Crippen LogP contribution is -2.41. The number of methoxy groups -OCH3 is 1. The molecule has 1 heterocycles. The molecule has 20 heavy (non-hydrogen) atoms. The molecule has 0 aliphatic heterocycles. The standard InChI is InChI=1S/C12H15N3O5/c1-20-11-7(3-2-6-14-11)10(17)15-8(12(18)19)4-5-9(13)16/h2-3,6,8H,4-5H2,1H3,(H2,13,16)(H,15,17)(H,18,19)/t8-/m0/s1. The lowest BCUT2D eigenvalue weighted by atomic mass is 10.1. The molecule has 1 atom stereocenters. The molecule has 0 saturated heterocycles. The Hall–Kier alpha value is -2.64. The van der Waals surface area contributed by atoms with Gasteiger partial charge in [0.2, 0.25) is 11.8 Å². The molecule has 8 nitrogen and oxygen atoms in total. The topological polar surface area (TPSA) is 132 Å². The van der Waals surface area contributed by atoms with Gasteiger partial charge < -0.3 is 20.9 Å². The summed E-state index contributed by atoms with van der Waals surface area (Å²) >= 11 is 0. The van der Waals surface area contributed by atoms with Crippen molar-refractivity contribution in [2.24, 2.45) is 5.73 Å². The number of rotatable bonds is 7. The number of aromatic nitrogens is 1. The molecule has 1 rings (SSSR count). The molecule has 2 amide bonds. The van der Waals surface area contributed by atoms with E-state index in [0.717, 1.165) is 0 Å². The van der Waals surface area contributed by atoms with Gasteiger partial charge in [0.15, 0.2) is 0 Å². The maximum atomic E-state index is 12.0. The Morgan fingerprint density at radius 3 is 2.75 bits per heavy atom. The molecule has 0 unspecified atom stereocenters. The van der Waals surface area contributed by atoms with E-state index in [9.17, 15) is 14.4 Å². The van der Waals surface area contributed by atoms with Gasteiger partial charge in [-0.05, 0) is 18.6 Å². The first kappa shape index (κ1) is 15.4. The maximum absolute atomic E-state index is 12.0. The molecule has 1 aromatic heterocycles. The first-order chi connectivity index (χ1) is 9.45. The number of carbonyl (C=O) groups is 3. The number of primary amides is 1. The Balaban J connectivity index is 2.80. The molecule has 0 aliphatic carbocycles. The van der Waals surface area contributed by atoms with E-state index in [1.807, 2.05) is 0 Å². The number of ether oxygens (including phenoxy) is 1. The molecule has 0 spiro atoms. The Morgan fingerprint density at radius 1 is 1.50 bits per heavy atom. The number of hydrogen-bond acceptors (Lipinski definition) is 5. The molecular weight excluding hydrogens is 266 g/mol. The van der Waals surface area contributed by atoms with Gasteiger partial charge in [0.25, 0.3) is 5.91 Å². The molecule has 1 aromatic rings. The third kappa shape index (κ3) is 4.23. The Bertz CT molecular complexity index is 518. The van der Waals surface area contributed by atoms with Gasteiger partial charge in [0, 0.05) is 12.6 Å². The van der Waals surface area contributed by atoms with Crippen molar-refractivity contribution in [3.8, 4) is 5.88 Å². The molecule has 0 aromatic carbocycles. The van der Waals surface area contributed by atoms with Crippen LogP contribution in [0.2, 0.25) is 0 Å². The highest BCUT2D eigenvalue weighted by atomic mass is 16.5. The maximum Gasteiger partial charge on any atom is 0.326 e. The number of carboxylic acid groups (broad SMARTS) is 1. The van der Waals surface area contributed by atoms with Gasteiger partial charge in [-0.25, -0.2) is 9.78 Å². The molecule has 4 N–H and O–H groups in total. The van der Waals surface area contributed by atoms with Gasteiger partial charge in [-0.15, -0.1) is 0 Å².